The molecule has 1 atom stereocenters. The Labute approximate surface area is 154 Å². The minimum Gasteiger partial charge on any atom is -0.493 e. The lowest BCUT2D eigenvalue weighted by molar-refractivity contribution is 0.353. The summed E-state index contributed by atoms with van der Waals surface area (Å²) in [5.74, 6) is 1.58. The van der Waals surface area contributed by atoms with Crippen LogP contribution >= 0.6 is 0 Å². The molecule has 0 aromatic heterocycles. The molecular weight excluding hydrogens is 322 g/mol. The third-order valence-corrected chi connectivity index (χ3v) is 5.08. The summed E-state index contributed by atoms with van der Waals surface area (Å²) in [5.41, 5.74) is 5.12. The van der Waals surface area contributed by atoms with Crippen LogP contribution < -0.4 is 14.4 Å². The molecule has 3 aromatic carbocycles. The van der Waals surface area contributed by atoms with Crippen molar-refractivity contribution in [2.75, 3.05) is 25.7 Å². The average molecular weight is 345 g/mol. The number of methoxy groups -OCH3 is 2. The van der Waals surface area contributed by atoms with Gasteiger partial charge in [0.2, 0.25) is 0 Å². The number of benzene rings is 3. The predicted octanol–water partition coefficient (Wildman–Crippen LogP) is 4.86. The highest BCUT2D eigenvalue weighted by molar-refractivity contribution is 5.59. The van der Waals surface area contributed by atoms with Crippen molar-refractivity contribution < 1.29 is 9.47 Å². The Bertz CT molecular complexity index is 877. The second-order valence-electron chi connectivity index (χ2n) is 6.50. The highest BCUT2D eigenvalue weighted by Gasteiger charge is 2.30. The normalized spacial score (nSPS) is 16.1. The fourth-order valence-corrected chi connectivity index (χ4v) is 3.84. The lowest BCUT2D eigenvalue weighted by Gasteiger charge is -2.39. The molecule has 0 saturated heterocycles. The van der Waals surface area contributed by atoms with E-state index in [0.717, 1.165) is 24.5 Å². The fourth-order valence-electron chi connectivity index (χ4n) is 3.84. The highest BCUT2D eigenvalue weighted by Crippen LogP contribution is 2.42. The predicted molar refractivity (Wildman–Crippen MR) is 105 cm³/mol. The third kappa shape index (κ3) is 2.90. The second kappa shape index (κ2) is 7.12. The number of para-hydroxylation sites is 1. The Morgan fingerprint density at radius 3 is 2.08 bits per heavy atom. The van der Waals surface area contributed by atoms with E-state index in [9.17, 15) is 0 Å². The van der Waals surface area contributed by atoms with Gasteiger partial charge in [0.25, 0.3) is 0 Å². The second-order valence-corrected chi connectivity index (χ2v) is 6.50. The first-order chi connectivity index (χ1) is 12.8. The average Bonchev–Trinajstić information content (AvgIpc) is 2.73. The molecule has 132 valence electrons. The summed E-state index contributed by atoms with van der Waals surface area (Å²) in [4.78, 5) is 2.48. The van der Waals surface area contributed by atoms with Crippen molar-refractivity contribution in [1.29, 1.82) is 0 Å². The summed E-state index contributed by atoms with van der Waals surface area (Å²) in [7, 11) is 3.39. The van der Waals surface area contributed by atoms with Crippen LogP contribution in [0.25, 0.3) is 0 Å². The lowest BCUT2D eigenvalue weighted by atomic mass is 9.87. The smallest absolute Gasteiger partial charge is 0.161 e. The van der Waals surface area contributed by atoms with Gasteiger partial charge in [-0.3, -0.25) is 0 Å². The van der Waals surface area contributed by atoms with Crippen LogP contribution in [0.3, 0.4) is 0 Å². The van der Waals surface area contributed by atoms with Crippen LogP contribution in [-0.4, -0.2) is 20.8 Å². The van der Waals surface area contributed by atoms with Gasteiger partial charge in [-0.15, -0.1) is 0 Å². The first-order valence-electron chi connectivity index (χ1n) is 8.93. The number of ether oxygens (including phenoxy) is 2. The molecule has 0 fully saturated rings. The van der Waals surface area contributed by atoms with Crippen molar-refractivity contribution >= 4 is 5.69 Å². The molecule has 0 spiro atoms. The van der Waals surface area contributed by atoms with Gasteiger partial charge in [-0.25, -0.2) is 0 Å². The van der Waals surface area contributed by atoms with Crippen molar-refractivity contribution in [3.8, 4) is 11.5 Å². The number of rotatable bonds is 4. The molecule has 1 aliphatic heterocycles. The minimum atomic E-state index is 0.155. The van der Waals surface area contributed by atoms with Crippen molar-refractivity contribution in [3.05, 3.63) is 89.5 Å². The van der Waals surface area contributed by atoms with Crippen LogP contribution in [0.15, 0.2) is 72.8 Å². The fraction of sp³-hybridized carbons (Fsp3) is 0.217. The molecule has 0 bridgehead atoms. The van der Waals surface area contributed by atoms with Gasteiger partial charge in [0.05, 0.1) is 20.3 Å². The number of anilines is 1. The van der Waals surface area contributed by atoms with Crippen molar-refractivity contribution in [1.82, 2.24) is 0 Å². The van der Waals surface area contributed by atoms with Crippen molar-refractivity contribution in [2.24, 2.45) is 0 Å². The Hall–Kier alpha value is -2.94. The molecular formula is C23H23NO2. The molecule has 3 aromatic rings. The van der Waals surface area contributed by atoms with Gasteiger partial charge >= 0.3 is 0 Å². The van der Waals surface area contributed by atoms with E-state index in [1.807, 2.05) is 0 Å². The van der Waals surface area contributed by atoms with Gasteiger partial charge in [0, 0.05) is 12.2 Å². The third-order valence-electron chi connectivity index (χ3n) is 5.08. The summed E-state index contributed by atoms with van der Waals surface area (Å²) >= 11 is 0. The Morgan fingerprint density at radius 1 is 0.808 bits per heavy atom. The molecule has 0 radical (unpaired) electrons. The zero-order chi connectivity index (χ0) is 17.9. The standard InChI is InChI=1S/C23H23NO2/c1-25-21-15-18-13-14-24(19-11-7-4-8-12-19)23(17-9-5-3-6-10-17)20(18)16-22(21)26-2/h3-12,15-16,23H,13-14H2,1-2H3. The van der Waals surface area contributed by atoms with Crippen LogP contribution in [0.2, 0.25) is 0 Å². The summed E-state index contributed by atoms with van der Waals surface area (Å²) in [6, 6.07) is 25.7. The monoisotopic (exact) mass is 345 g/mol. The van der Waals surface area contributed by atoms with E-state index in [1.54, 1.807) is 14.2 Å². The lowest BCUT2D eigenvalue weighted by Crippen LogP contribution is -2.36. The summed E-state index contributed by atoms with van der Waals surface area (Å²) < 4.78 is 11.1. The summed E-state index contributed by atoms with van der Waals surface area (Å²) in [6.07, 6.45) is 0.980. The number of hydrogen-bond acceptors (Lipinski definition) is 3. The summed E-state index contributed by atoms with van der Waals surface area (Å²) in [5, 5.41) is 0. The van der Waals surface area contributed by atoms with Gasteiger partial charge in [-0.1, -0.05) is 48.5 Å². The zero-order valence-corrected chi connectivity index (χ0v) is 15.2. The van der Waals surface area contributed by atoms with E-state index >= 15 is 0 Å². The Balaban J connectivity index is 1.88. The molecule has 0 amide bonds. The topological polar surface area (TPSA) is 21.7 Å². The summed E-state index contributed by atoms with van der Waals surface area (Å²) in [6.45, 7) is 0.964. The number of fused-ring (bicyclic) bond motifs is 1. The van der Waals surface area contributed by atoms with Gasteiger partial charge in [-0.05, 0) is 47.4 Å². The van der Waals surface area contributed by atoms with Crippen molar-refractivity contribution in [3.63, 3.8) is 0 Å². The maximum Gasteiger partial charge on any atom is 0.161 e. The Morgan fingerprint density at radius 2 is 1.42 bits per heavy atom. The van der Waals surface area contributed by atoms with E-state index in [0.29, 0.717) is 0 Å². The van der Waals surface area contributed by atoms with E-state index < -0.39 is 0 Å². The van der Waals surface area contributed by atoms with E-state index in [-0.39, 0.29) is 6.04 Å². The Kier molecular flexibility index (Phi) is 4.53. The SMILES string of the molecule is COc1cc2c(cc1OC)C(c1ccccc1)N(c1ccccc1)CC2. The van der Waals surface area contributed by atoms with Crippen molar-refractivity contribution in [2.45, 2.75) is 12.5 Å². The van der Waals surface area contributed by atoms with Crippen LogP contribution in [0.1, 0.15) is 22.7 Å². The maximum absolute atomic E-state index is 5.58. The number of nitrogens with zero attached hydrogens (tertiary/aromatic N) is 1. The van der Waals surface area contributed by atoms with E-state index in [4.69, 9.17) is 9.47 Å². The molecule has 0 aliphatic carbocycles. The largest absolute Gasteiger partial charge is 0.493 e. The van der Waals surface area contributed by atoms with Gasteiger partial charge in [0.15, 0.2) is 11.5 Å². The van der Waals surface area contributed by atoms with Crippen LogP contribution in [0, 0.1) is 0 Å². The number of hydrogen-bond donors (Lipinski definition) is 0. The molecule has 26 heavy (non-hydrogen) atoms. The zero-order valence-electron chi connectivity index (χ0n) is 15.2. The quantitative estimate of drug-likeness (QED) is 0.674. The van der Waals surface area contributed by atoms with Crippen LogP contribution in [-0.2, 0) is 6.42 Å². The maximum atomic E-state index is 5.58. The molecule has 1 unspecified atom stereocenters. The molecule has 3 nitrogen and oxygen atoms in total. The molecule has 1 heterocycles. The van der Waals surface area contributed by atoms with Crippen LogP contribution in [0.5, 0.6) is 11.5 Å². The molecule has 0 N–H and O–H groups in total. The van der Waals surface area contributed by atoms with Gasteiger partial charge in [-0.2, -0.15) is 0 Å². The molecule has 4 rings (SSSR count). The first kappa shape index (κ1) is 16.5. The van der Waals surface area contributed by atoms with Gasteiger partial charge in [0.1, 0.15) is 0 Å². The first-order valence-corrected chi connectivity index (χ1v) is 8.93. The molecule has 3 heteroatoms. The highest BCUT2D eigenvalue weighted by atomic mass is 16.5. The molecule has 1 aliphatic rings. The van der Waals surface area contributed by atoms with E-state index in [2.05, 4.69) is 77.7 Å². The van der Waals surface area contributed by atoms with Crippen LogP contribution in [0.4, 0.5) is 5.69 Å². The van der Waals surface area contributed by atoms with E-state index in [1.165, 1.54) is 22.4 Å². The van der Waals surface area contributed by atoms with Gasteiger partial charge < -0.3 is 14.4 Å². The molecule has 0 saturated carbocycles. The minimum absolute atomic E-state index is 0.155.